The fourth-order valence-corrected chi connectivity index (χ4v) is 2.65. The van der Waals surface area contributed by atoms with E-state index in [1.807, 2.05) is 0 Å². The summed E-state index contributed by atoms with van der Waals surface area (Å²) in [6, 6.07) is 10.1. The van der Waals surface area contributed by atoms with Gasteiger partial charge >= 0.3 is 0 Å². The molecule has 0 saturated carbocycles. The predicted molar refractivity (Wildman–Crippen MR) is 96.7 cm³/mol. The Hall–Kier alpha value is -2.87. The minimum atomic E-state index is -0.354. The molecule has 0 unspecified atom stereocenters. The number of nitrogens with zero attached hydrogens (tertiary/aromatic N) is 3. The average molecular weight is 403 g/mol. The van der Waals surface area contributed by atoms with Gasteiger partial charge in [0.2, 0.25) is 0 Å². The zero-order chi connectivity index (χ0) is 18.0. The molecule has 0 bridgehead atoms. The topological polar surface area (TPSA) is 80.4 Å². The molecule has 0 aliphatic carbocycles. The molecule has 3 aromatic rings. The number of para-hydroxylation sites is 1. The van der Waals surface area contributed by atoms with Crippen molar-refractivity contribution in [1.29, 1.82) is 0 Å². The van der Waals surface area contributed by atoms with Crippen molar-refractivity contribution in [1.82, 2.24) is 9.78 Å². The zero-order valence-electron chi connectivity index (χ0n) is 13.6. The summed E-state index contributed by atoms with van der Waals surface area (Å²) in [4.78, 5) is 26.5. The van der Waals surface area contributed by atoms with Gasteiger partial charge < -0.3 is 14.6 Å². The van der Waals surface area contributed by atoms with Crippen molar-refractivity contribution in [3.05, 3.63) is 64.8 Å². The third-order valence-electron chi connectivity index (χ3n) is 3.56. The highest BCUT2D eigenvalue weighted by Gasteiger charge is 2.22. The fraction of sp³-hybridized carbons (Fsp3) is 0.118. The Labute approximate surface area is 152 Å². The third-order valence-corrected chi connectivity index (χ3v) is 3.99. The highest BCUT2D eigenvalue weighted by atomic mass is 79.9. The van der Waals surface area contributed by atoms with Crippen molar-refractivity contribution < 1.29 is 14.0 Å². The van der Waals surface area contributed by atoms with E-state index in [0.717, 1.165) is 0 Å². The lowest BCUT2D eigenvalue weighted by molar-refractivity contribution is 0.0965. The van der Waals surface area contributed by atoms with Crippen LogP contribution in [0.2, 0.25) is 0 Å². The molecule has 128 valence electrons. The molecule has 0 radical (unpaired) electrons. The molecule has 0 aliphatic heterocycles. The molecule has 0 atom stereocenters. The summed E-state index contributed by atoms with van der Waals surface area (Å²) >= 11 is 3.17. The molecule has 2 amide bonds. The first-order valence-electron chi connectivity index (χ1n) is 7.38. The second-order valence-corrected chi connectivity index (χ2v) is 6.12. The number of rotatable bonds is 4. The van der Waals surface area contributed by atoms with E-state index in [2.05, 4.69) is 26.3 Å². The number of nitrogens with one attached hydrogen (secondary N) is 1. The van der Waals surface area contributed by atoms with E-state index in [4.69, 9.17) is 4.42 Å². The standard InChI is InChI=1S/C17H15BrN4O3/c1-21-10-11(9-19-21)20-16(23)12-5-3-4-6-13(12)22(2)17(24)14-7-8-15(18)25-14/h3-10H,1-2H3,(H,20,23). The van der Waals surface area contributed by atoms with Crippen LogP contribution in [0, 0.1) is 0 Å². The maximum Gasteiger partial charge on any atom is 0.293 e. The number of hydrogen-bond donors (Lipinski definition) is 1. The van der Waals surface area contributed by atoms with Gasteiger partial charge in [0.15, 0.2) is 10.4 Å². The van der Waals surface area contributed by atoms with E-state index in [1.165, 1.54) is 4.90 Å². The SMILES string of the molecule is CN(C(=O)c1ccc(Br)o1)c1ccccc1C(=O)Nc1cnn(C)c1. The monoisotopic (exact) mass is 402 g/mol. The van der Waals surface area contributed by atoms with E-state index in [-0.39, 0.29) is 17.6 Å². The third kappa shape index (κ3) is 3.63. The van der Waals surface area contributed by atoms with E-state index in [0.29, 0.717) is 21.6 Å². The van der Waals surface area contributed by atoms with Crippen molar-refractivity contribution in [3.8, 4) is 0 Å². The molecule has 7 nitrogen and oxygen atoms in total. The largest absolute Gasteiger partial charge is 0.444 e. The number of furan rings is 1. The Kier molecular flexibility index (Phi) is 4.71. The lowest BCUT2D eigenvalue weighted by Crippen LogP contribution is -2.28. The van der Waals surface area contributed by atoms with E-state index >= 15 is 0 Å². The van der Waals surface area contributed by atoms with Crippen LogP contribution in [-0.4, -0.2) is 28.6 Å². The molecule has 25 heavy (non-hydrogen) atoms. The highest BCUT2D eigenvalue weighted by molar-refractivity contribution is 9.10. The maximum absolute atomic E-state index is 12.6. The number of carbonyl (C=O) groups excluding carboxylic acids is 2. The predicted octanol–water partition coefficient (Wildman–Crippen LogP) is 3.30. The molecule has 1 N–H and O–H groups in total. The van der Waals surface area contributed by atoms with Crippen molar-refractivity contribution in [2.24, 2.45) is 7.05 Å². The smallest absolute Gasteiger partial charge is 0.293 e. The number of benzene rings is 1. The molecular weight excluding hydrogens is 388 g/mol. The van der Waals surface area contributed by atoms with Crippen LogP contribution in [0.5, 0.6) is 0 Å². The number of aryl methyl sites for hydroxylation is 1. The van der Waals surface area contributed by atoms with Gasteiger partial charge in [-0.3, -0.25) is 14.3 Å². The summed E-state index contributed by atoms with van der Waals surface area (Å²) in [7, 11) is 3.35. The van der Waals surface area contributed by atoms with Crippen LogP contribution in [0.1, 0.15) is 20.9 Å². The van der Waals surface area contributed by atoms with Gasteiger partial charge in [0.25, 0.3) is 11.8 Å². The number of carbonyl (C=O) groups is 2. The number of halogens is 1. The van der Waals surface area contributed by atoms with E-state index < -0.39 is 0 Å². The number of hydrogen-bond acceptors (Lipinski definition) is 4. The molecule has 1 aromatic carbocycles. The molecule has 0 fully saturated rings. The first kappa shape index (κ1) is 17.0. The van der Waals surface area contributed by atoms with Crippen LogP contribution in [0.4, 0.5) is 11.4 Å². The van der Waals surface area contributed by atoms with Crippen LogP contribution in [0.25, 0.3) is 0 Å². The van der Waals surface area contributed by atoms with E-state index in [9.17, 15) is 9.59 Å². The van der Waals surface area contributed by atoms with Crippen LogP contribution in [0.3, 0.4) is 0 Å². The van der Waals surface area contributed by atoms with Gasteiger partial charge in [0.05, 0.1) is 23.1 Å². The first-order valence-corrected chi connectivity index (χ1v) is 8.17. The summed E-state index contributed by atoms with van der Waals surface area (Å²) < 4.78 is 7.35. The summed E-state index contributed by atoms with van der Waals surface area (Å²) in [6.45, 7) is 0. The van der Waals surface area contributed by atoms with Gasteiger partial charge in [-0.1, -0.05) is 12.1 Å². The van der Waals surface area contributed by atoms with Crippen molar-refractivity contribution >= 4 is 39.1 Å². The average Bonchev–Trinajstić information content (AvgIpc) is 3.21. The number of aromatic nitrogens is 2. The van der Waals surface area contributed by atoms with Crippen LogP contribution >= 0.6 is 15.9 Å². The minimum Gasteiger partial charge on any atom is -0.444 e. The minimum absolute atomic E-state index is 0.178. The maximum atomic E-state index is 12.6. The van der Waals surface area contributed by atoms with Gasteiger partial charge in [-0.05, 0) is 40.2 Å². The van der Waals surface area contributed by atoms with Gasteiger partial charge in [-0.15, -0.1) is 0 Å². The molecule has 0 spiro atoms. The van der Waals surface area contributed by atoms with Crippen LogP contribution in [0.15, 0.2) is 57.9 Å². The molecule has 3 rings (SSSR count). The molecule has 2 heterocycles. The molecule has 8 heteroatoms. The van der Waals surface area contributed by atoms with Crippen LogP contribution in [-0.2, 0) is 7.05 Å². The van der Waals surface area contributed by atoms with Gasteiger partial charge in [0.1, 0.15) is 0 Å². The Morgan fingerprint density at radius 2 is 2.00 bits per heavy atom. The summed E-state index contributed by atoms with van der Waals surface area (Å²) in [5, 5.41) is 6.78. The van der Waals surface area contributed by atoms with Gasteiger partial charge in [-0.2, -0.15) is 5.10 Å². The normalized spacial score (nSPS) is 10.5. The Morgan fingerprint density at radius 3 is 2.64 bits per heavy atom. The summed E-state index contributed by atoms with van der Waals surface area (Å²) in [5.74, 6) is -0.506. The second-order valence-electron chi connectivity index (χ2n) is 5.34. The highest BCUT2D eigenvalue weighted by Crippen LogP contribution is 2.24. The molecular formula is C17H15BrN4O3. The Balaban J connectivity index is 1.87. The first-order chi connectivity index (χ1) is 12.0. The summed E-state index contributed by atoms with van der Waals surface area (Å²) in [5.41, 5.74) is 1.42. The summed E-state index contributed by atoms with van der Waals surface area (Å²) in [6.07, 6.45) is 3.24. The second kappa shape index (κ2) is 6.94. The van der Waals surface area contributed by atoms with Crippen molar-refractivity contribution in [2.75, 3.05) is 17.3 Å². The Bertz CT molecular complexity index is 931. The Morgan fingerprint density at radius 1 is 1.24 bits per heavy atom. The lowest BCUT2D eigenvalue weighted by Gasteiger charge is -2.19. The number of amides is 2. The fourth-order valence-electron chi connectivity index (χ4n) is 2.35. The molecule has 0 saturated heterocycles. The lowest BCUT2D eigenvalue weighted by atomic mass is 10.1. The quantitative estimate of drug-likeness (QED) is 0.725. The van der Waals surface area contributed by atoms with Gasteiger partial charge in [-0.25, -0.2) is 0 Å². The van der Waals surface area contributed by atoms with Gasteiger partial charge in [0, 0.05) is 20.3 Å². The zero-order valence-corrected chi connectivity index (χ0v) is 15.1. The van der Waals surface area contributed by atoms with Crippen molar-refractivity contribution in [2.45, 2.75) is 0 Å². The van der Waals surface area contributed by atoms with Crippen LogP contribution < -0.4 is 10.2 Å². The molecule has 0 aliphatic rings. The van der Waals surface area contributed by atoms with E-state index in [1.54, 1.807) is 67.6 Å². The number of anilines is 2. The van der Waals surface area contributed by atoms with Crippen molar-refractivity contribution in [3.63, 3.8) is 0 Å². The molecule has 2 aromatic heterocycles.